The zero-order valence-corrected chi connectivity index (χ0v) is 21.8. The lowest BCUT2D eigenvalue weighted by Crippen LogP contribution is -2.51. The Morgan fingerprint density at radius 1 is 1.06 bits per heavy atom. The highest BCUT2D eigenvalue weighted by atomic mass is 32.2. The van der Waals surface area contributed by atoms with E-state index >= 15 is 0 Å². The largest absolute Gasteiger partial charge is 0.497 e. The number of alkyl carbamates (subject to hydrolysis) is 1. The molecule has 188 valence electrons. The molecule has 0 radical (unpaired) electrons. The average Bonchev–Trinajstić information content (AvgIpc) is 2.77. The summed E-state index contributed by atoms with van der Waals surface area (Å²) < 4.78 is 25.7. The summed E-state index contributed by atoms with van der Waals surface area (Å²) in [6.07, 6.45) is -1.17. The molecule has 0 heterocycles. The van der Waals surface area contributed by atoms with Crippen LogP contribution in [0.1, 0.15) is 40.2 Å². The number of carbonyl (C=O) groups excluding carboxylic acids is 1. The van der Waals surface area contributed by atoms with E-state index in [4.69, 9.17) is 9.47 Å². The number of rotatable bonds is 11. The quantitative estimate of drug-likeness (QED) is 0.494. The zero-order chi connectivity index (χ0) is 25.3. The van der Waals surface area contributed by atoms with Gasteiger partial charge in [-0.3, -0.25) is 0 Å². The van der Waals surface area contributed by atoms with Gasteiger partial charge in [0.2, 0.25) is 0 Å². The van der Waals surface area contributed by atoms with Crippen molar-refractivity contribution in [2.24, 2.45) is 5.92 Å². The first-order valence-electron chi connectivity index (χ1n) is 11.5. The number of hydrogen-bond donors (Lipinski definition) is 2. The molecule has 0 aliphatic heterocycles. The number of nitrogens with zero attached hydrogens (tertiary/aromatic N) is 1. The number of ether oxygens (including phenoxy) is 2. The fourth-order valence-corrected chi connectivity index (χ4v) is 4.79. The van der Waals surface area contributed by atoms with Crippen molar-refractivity contribution >= 4 is 17.1 Å². The van der Waals surface area contributed by atoms with Crippen LogP contribution in [0, 0.1) is 5.92 Å². The Bertz CT molecular complexity index is 913. The van der Waals surface area contributed by atoms with Gasteiger partial charge in [0.25, 0.3) is 0 Å². The third kappa shape index (κ3) is 9.44. The predicted molar refractivity (Wildman–Crippen MR) is 135 cm³/mol. The minimum Gasteiger partial charge on any atom is -0.497 e. The molecule has 2 aromatic carbocycles. The summed E-state index contributed by atoms with van der Waals surface area (Å²) in [5.41, 5.74) is 0.306. The maximum atomic E-state index is 13.4. The molecule has 2 N–H and O–H groups in total. The van der Waals surface area contributed by atoms with Gasteiger partial charge in [0, 0.05) is 13.1 Å². The molecule has 1 amide bonds. The van der Waals surface area contributed by atoms with Crippen LogP contribution in [0.25, 0.3) is 0 Å². The lowest BCUT2D eigenvalue weighted by molar-refractivity contribution is 0.0401. The molecule has 2 aromatic rings. The van der Waals surface area contributed by atoms with Crippen LogP contribution in [0.2, 0.25) is 0 Å². The maximum Gasteiger partial charge on any atom is 0.407 e. The minimum absolute atomic E-state index is 0.115. The van der Waals surface area contributed by atoms with Crippen molar-refractivity contribution < 1.29 is 23.6 Å². The number of hydrogen-bond acceptors (Lipinski definition) is 5. The second-order valence-corrected chi connectivity index (χ2v) is 11.2. The topological polar surface area (TPSA) is 88.1 Å². The number of nitrogens with one attached hydrogen (secondary N) is 1. The van der Waals surface area contributed by atoms with Gasteiger partial charge in [0.05, 0.1) is 24.2 Å². The van der Waals surface area contributed by atoms with Gasteiger partial charge < -0.3 is 19.9 Å². The Morgan fingerprint density at radius 2 is 1.68 bits per heavy atom. The Balaban J connectivity index is 2.22. The van der Waals surface area contributed by atoms with Crippen molar-refractivity contribution in [1.29, 1.82) is 0 Å². The first kappa shape index (κ1) is 27.8. The second kappa shape index (κ2) is 12.9. The Hall–Kier alpha value is -2.42. The highest BCUT2D eigenvalue weighted by Crippen LogP contribution is 2.19. The van der Waals surface area contributed by atoms with Gasteiger partial charge in [0.15, 0.2) is 0 Å². The molecule has 3 atom stereocenters. The van der Waals surface area contributed by atoms with Crippen molar-refractivity contribution in [3.8, 4) is 5.75 Å². The van der Waals surface area contributed by atoms with Gasteiger partial charge in [-0.1, -0.05) is 44.2 Å². The molecular formula is C26H38N2O5S. The molecule has 1 unspecified atom stereocenters. The molecular weight excluding hydrogens is 452 g/mol. The molecule has 0 saturated carbocycles. The van der Waals surface area contributed by atoms with Crippen molar-refractivity contribution in [2.45, 2.75) is 63.7 Å². The third-order valence-corrected chi connectivity index (χ3v) is 6.36. The molecule has 0 aliphatic carbocycles. The van der Waals surface area contributed by atoms with Crippen LogP contribution in [-0.2, 0) is 22.1 Å². The zero-order valence-electron chi connectivity index (χ0n) is 21.0. The van der Waals surface area contributed by atoms with Gasteiger partial charge in [-0.05, 0) is 62.9 Å². The summed E-state index contributed by atoms with van der Waals surface area (Å²) in [5, 5.41) is 14.0. The first-order chi connectivity index (χ1) is 16.0. The number of aliphatic hydroxyl groups excluding tert-OH is 1. The van der Waals surface area contributed by atoms with E-state index in [1.807, 2.05) is 44.2 Å². The molecule has 0 fully saturated rings. The fraction of sp³-hybridized carbons (Fsp3) is 0.500. The summed E-state index contributed by atoms with van der Waals surface area (Å²) in [6, 6.07) is 16.0. The summed E-state index contributed by atoms with van der Waals surface area (Å²) in [7, 11) is 0.0910. The second-order valence-electron chi connectivity index (χ2n) is 9.68. The molecule has 0 aliphatic rings. The Labute approximate surface area is 206 Å². The summed E-state index contributed by atoms with van der Waals surface area (Å²) in [6.45, 7) is 10.1. The molecule has 34 heavy (non-hydrogen) atoms. The Kier molecular flexibility index (Phi) is 10.5. The van der Waals surface area contributed by atoms with E-state index in [9.17, 15) is 14.1 Å². The van der Waals surface area contributed by atoms with Crippen LogP contribution < -0.4 is 10.1 Å². The molecule has 0 spiro atoms. The van der Waals surface area contributed by atoms with Crippen LogP contribution in [0.15, 0.2) is 59.5 Å². The van der Waals surface area contributed by atoms with Gasteiger partial charge in [-0.15, -0.1) is 0 Å². The highest BCUT2D eigenvalue weighted by Gasteiger charge is 2.29. The monoisotopic (exact) mass is 490 g/mol. The number of carbonyl (C=O) groups is 1. The molecule has 0 bridgehead atoms. The van der Waals surface area contributed by atoms with E-state index in [1.54, 1.807) is 56.5 Å². The molecule has 8 heteroatoms. The highest BCUT2D eigenvalue weighted by molar-refractivity contribution is 7.82. The third-order valence-electron chi connectivity index (χ3n) is 4.92. The molecule has 7 nitrogen and oxygen atoms in total. The van der Waals surface area contributed by atoms with Gasteiger partial charge >= 0.3 is 6.09 Å². The maximum absolute atomic E-state index is 13.4. The van der Waals surface area contributed by atoms with E-state index < -0.39 is 34.8 Å². The van der Waals surface area contributed by atoms with Crippen LogP contribution >= 0.6 is 0 Å². The van der Waals surface area contributed by atoms with Gasteiger partial charge in [-0.2, -0.15) is 0 Å². The van der Waals surface area contributed by atoms with E-state index in [0.29, 0.717) is 23.6 Å². The van der Waals surface area contributed by atoms with Crippen molar-refractivity contribution in [3.63, 3.8) is 0 Å². The smallest absolute Gasteiger partial charge is 0.407 e. The summed E-state index contributed by atoms with van der Waals surface area (Å²) in [4.78, 5) is 13.1. The lowest BCUT2D eigenvalue weighted by atomic mass is 10.0. The Morgan fingerprint density at radius 3 is 2.21 bits per heavy atom. The summed E-state index contributed by atoms with van der Waals surface area (Å²) >= 11 is 0. The molecule has 0 aromatic heterocycles. The van der Waals surface area contributed by atoms with Crippen LogP contribution in [0.3, 0.4) is 0 Å². The van der Waals surface area contributed by atoms with Gasteiger partial charge in [-0.25, -0.2) is 13.3 Å². The normalized spacial score (nSPS) is 14.5. The van der Waals surface area contributed by atoms with Crippen molar-refractivity contribution in [2.75, 3.05) is 20.2 Å². The van der Waals surface area contributed by atoms with Gasteiger partial charge in [0.1, 0.15) is 22.3 Å². The standard InChI is InChI=1S/C26H38N2O5S/c1-19(2)17-28(34(31)22-14-12-21(32-6)13-15-22)18-24(29)23(16-20-10-8-7-9-11-20)27-25(30)33-26(3,4)5/h7-15,19,23-24,29H,16-18H2,1-6H3,(H,27,30)/t23-,24+,34?/m0/s1. The van der Waals surface area contributed by atoms with E-state index in [-0.39, 0.29) is 12.5 Å². The van der Waals surface area contributed by atoms with Crippen molar-refractivity contribution in [3.05, 3.63) is 60.2 Å². The molecule has 2 rings (SSSR count). The lowest BCUT2D eigenvalue weighted by Gasteiger charge is -2.31. The van der Waals surface area contributed by atoms with Crippen LogP contribution in [-0.4, -0.2) is 57.7 Å². The van der Waals surface area contributed by atoms with E-state index in [1.165, 1.54) is 0 Å². The number of benzene rings is 2. The number of methoxy groups -OCH3 is 1. The van der Waals surface area contributed by atoms with Crippen molar-refractivity contribution in [1.82, 2.24) is 9.62 Å². The number of amides is 1. The van der Waals surface area contributed by atoms with Crippen LogP contribution in [0.5, 0.6) is 5.75 Å². The predicted octanol–water partition coefficient (Wildman–Crippen LogP) is 4.17. The number of aliphatic hydroxyl groups is 1. The van der Waals surface area contributed by atoms with Crippen LogP contribution in [0.4, 0.5) is 4.79 Å². The fourth-order valence-electron chi connectivity index (χ4n) is 3.40. The SMILES string of the molecule is COc1ccc(S(=O)N(CC(C)C)C[C@@H](O)[C@H](Cc2ccccc2)NC(=O)OC(C)(C)C)cc1. The molecule has 0 saturated heterocycles. The minimum atomic E-state index is -1.49. The average molecular weight is 491 g/mol. The van der Waals surface area contributed by atoms with E-state index in [2.05, 4.69) is 5.32 Å². The first-order valence-corrected chi connectivity index (χ1v) is 12.6. The van der Waals surface area contributed by atoms with E-state index in [0.717, 1.165) is 5.56 Å². The summed E-state index contributed by atoms with van der Waals surface area (Å²) in [5.74, 6) is 0.904.